The second-order valence-corrected chi connectivity index (χ2v) is 7.61. The molecule has 19 heavy (non-hydrogen) atoms. The van der Waals surface area contributed by atoms with Gasteiger partial charge in [-0.3, -0.25) is 4.68 Å². The highest BCUT2D eigenvalue weighted by atomic mass is 35.5. The maximum atomic E-state index is 6.46. The number of nitrogens with zero attached hydrogens (tertiary/aromatic N) is 2. The minimum Gasteiger partial charge on any atom is -0.352 e. The normalized spacial score (nSPS) is 11.6. The van der Waals surface area contributed by atoms with Crippen molar-refractivity contribution in [2.45, 2.75) is 30.4 Å². The van der Waals surface area contributed by atoms with Crippen LogP contribution in [0.15, 0.2) is 35.5 Å². The van der Waals surface area contributed by atoms with E-state index < -0.39 is 0 Å². The van der Waals surface area contributed by atoms with Gasteiger partial charge in [-0.25, -0.2) is 0 Å². The Labute approximate surface area is 123 Å². The molecule has 0 saturated heterocycles. The quantitative estimate of drug-likeness (QED) is 0.832. The van der Waals surface area contributed by atoms with E-state index in [0.717, 1.165) is 21.3 Å². The van der Waals surface area contributed by atoms with Gasteiger partial charge in [0.2, 0.25) is 0 Å². The predicted molar refractivity (Wildman–Crippen MR) is 83.6 cm³/mol. The first kappa shape index (κ1) is 14.3. The molecule has 0 bridgehead atoms. The van der Waals surface area contributed by atoms with Crippen molar-refractivity contribution in [1.29, 1.82) is 0 Å². The molecule has 0 aliphatic rings. The van der Waals surface area contributed by atoms with E-state index in [1.54, 1.807) is 22.6 Å². The summed E-state index contributed by atoms with van der Waals surface area (Å²) in [5.41, 5.74) is 1.84. The van der Waals surface area contributed by atoms with Crippen LogP contribution >= 0.6 is 23.4 Å². The van der Waals surface area contributed by atoms with Gasteiger partial charge in [0.1, 0.15) is 0 Å². The van der Waals surface area contributed by atoms with Gasteiger partial charge in [-0.05, 0) is 12.1 Å². The minimum atomic E-state index is 0.135. The number of benzene rings is 1. The van der Waals surface area contributed by atoms with E-state index in [1.165, 1.54) is 0 Å². The highest BCUT2D eigenvalue weighted by Gasteiger charge is 2.16. The minimum absolute atomic E-state index is 0.135. The van der Waals surface area contributed by atoms with Crippen LogP contribution in [0.2, 0.25) is 5.02 Å². The molecule has 0 fully saturated rings. The SMILES string of the molecule is Cn1cc(Nc2cccc(SC(C)(C)C)c2Cl)cn1. The summed E-state index contributed by atoms with van der Waals surface area (Å²) in [6.45, 7) is 6.53. The van der Waals surface area contributed by atoms with Crippen molar-refractivity contribution in [3.63, 3.8) is 0 Å². The second kappa shape index (κ2) is 5.47. The number of anilines is 2. The molecule has 0 saturated carbocycles. The maximum absolute atomic E-state index is 6.46. The van der Waals surface area contributed by atoms with E-state index in [-0.39, 0.29) is 4.75 Å². The summed E-state index contributed by atoms with van der Waals surface area (Å²) >= 11 is 8.23. The van der Waals surface area contributed by atoms with E-state index in [2.05, 4.69) is 31.2 Å². The molecule has 0 atom stereocenters. The average molecular weight is 296 g/mol. The van der Waals surface area contributed by atoms with Gasteiger partial charge in [-0.15, -0.1) is 11.8 Å². The Kier molecular flexibility index (Phi) is 4.11. The molecule has 1 aromatic heterocycles. The number of hydrogen-bond donors (Lipinski definition) is 1. The summed E-state index contributed by atoms with van der Waals surface area (Å²) in [7, 11) is 1.89. The largest absolute Gasteiger partial charge is 0.352 e. The van der Waals surface area contributed by atoms with Gasteiger partial charge in [0, 0.05) is 22.9 Å². The van der Waals surface area contributed by atoms with E-state index in [9.17, 15) is 0 Å². The Balaban J connectivity index is 2.24. The lowest BCUT2D eigenvalue weighted by molar-refractivity contribution is 0.768. The van der Waals surface area contributed by atoms with Gasteiger partial charge in [-0.2, -0.15) is 5.10 Å². The molecule has 0 radical (unpaired) electrons. The molecule has 5 heteroatoms. The van der Waals surface area contributed by atoms with Crippen LogP contribution in [0, 0.1) is 0 Å². The number of thioether (sulfide) groups is 1. The monoisotopic (exact) mass is 295 g/mol. The third kappa shape index (κ3) is 3.91. The number of aryl methyl sites for hydroxylation is 1. The smallest absolute Gasteiger partial charge is 0.0776 e. The molecule has 1 N–H and O–H groups in total. The van der Waals surface area contributed by atoms with E-state index in [4.69, 9.17) is 11.6 Å². The third-order valence-electron chi connectivity index (χ3n) is 2.36. The van der Waals surface area contributed by atoms with Gasteiger partial charge < -0.3 is 5.32 Å². The molecular formula is C14H18ClN3S. The summed E-state index contributed by atoms with van der Waals surface area (Å²) < 4.78 is 1.89. The molecule has 0 spiro atoms. The molecule has 1 aromatic carbocycles. The fraction of sp³-hybridized carbons (Fsp3) is 0.357. The van der Waals surface area contributed by atoms with Crippen LogP contribution in [-0.2, 0) is 7.05 Å². The summed E-state index contributed by atoms with van der Waals surface area (Å²) in [6.07, 6.45) is 3.69. The van der Waals surface area contributed by atoms with Crippen molar-refractivity contribution in [1.82, 2.24) is 9.78 Å². The maximum Gasteiger partial charge on any atom is 0.0776 e. The molecule has 3 nitrogen and oxygen atoms in total. The van der Waals surface area contributed by atoms with Crippen molar-refractivity contribution in [2.24, 2.45) is 7.05 Å². The topological polar surface area (TPSA) is 29.9 Å². The fourth-order valence-electron chi connectivity index (χ4n) is 1.66. The van der Waals surface area contributed by atoms with Crippen molar-refractivity contribution >= 4 is 34.7 Å². The molecule has 0 aliphatic carbocycles. The Morgan fingerprint density at radius 1 is 1.32 bits per heavy atom. The van der Waals surface area contributed by atoms with Gasteiger partial charge in [0.25, 0.3) is 0 Å². The standard InChI is InChI=1S/C14H18ClN3S/c1-14(2,3)19-12-7-5-6-11(13(12)15)17-10-8-16-18(4)9-10/h5-9,17H,1-4H3. The Hall–Kier alpha value is -1.13. The first-order chi connectivity index (χ1) is 8.85. The number of nitrogens with one attached hydrogen (secondary N) is 1. The number of hydrogen-bond acceptors (Lipinski definition) is 3. The molecule has 0 amide bonds. The van der Waals surface area contributed by atoms with Crippen molar-refractivity contribution in [2.75, 3.05) is 5.32 Å². The zero-order chi connectivity index (χ0) is 14.0. The molecule has 2 aromatic rings. The highest BCUT2D eigenvalue weighted by molar-refractivity contribution is 8.00. The van der Waals surface area contributed by atoms with Crippen molar-refractivity contribution < 1.29 is 0 Å². The molecule has 0 unspecified atom stereocenters. The van der Waals surface area contributed by atoms with Crippen LogP contribution in [0.3, 0.4) is 0 Å². The van der Waals surface area contributed by atoms with Crippen LogP contribution in [0.1, 0.15) is 20.8 Å². The van der Waals surface area contributed by atoms with Gasteiger partial charge >= 0.3 is 0 Å². The Morgan fingerprint density at radius 3 is 2.63 bits per heavy atom. The predicted octanol–water partition coefficient (Wildman–Crippen LogP) is 4.71. The van der Waals surface area contributed by atoms with Crippen LogP contribution in [-0.4, -0.2) is 14.5 Å². The second-order valence-electron chi connectivity index (χ2n) is 5.36. The lowest BCUT2D eigenvalue weighted by Gasteiger charge is -2.19. The highest BCUT2D eigenvalue weighted by Crippen LogP contribution is 2.40. The van der Waals surface area contributed by atoms with Gasteiger partial charge in [0.15, 0.2) is 0 Å². The molecule has 2 rings (SSSR count). The molecule has 102 valence electrons. The summed E-state index contributed by atoms with van der Waals surface area (Å²) in [5.74, 6) is 0. The Bertz CT molecular complexity index is 572. The van der Waals surface area contributed by atoms with Gasteiger partial charge in [0.05, 0.1) is 22.6 Å². The Morgan fingerprint density at radius 2 is 2.05 bits per heavy atom. The zero-order valence-electron chi connectivity index (χ0n) is 11.6. The number of aromatic nitrogens is 2. The lowest BCUT2D eigenvalue weighted by Crippen LogP contribution is -2.06. The summed E-state index contributed by atoms with van der Waals surface area (Å²) in [5, 5.41) is 8.18. The van der Waals surface area contributed by atoms with Crippen LogP contribution in [0.5, 0.6) is 0 Å². The lowest BCUT2D eigenvalue weighted by atomic mass is 10.3. The zero-order valence-corrected chi connectivity index (χ0v) is 13.1. The van der Waals surface area contributed by atoms with Crippen LogP contribution in [0.25, 0.3) is 0 Å². The summed E-state index contributed by atoms with van der Waals surface area (Å²) in [4.78, 5) is 1.09. The van der Waals surface area contributed by atoms with E-state index in [0.29, 0.717) is 0 Å². The molecule has 0 aliphatic heterocycles. The number of halogens is 1. The van der Waals surface area contributed by atoms with Gasteiger partial charge in [-0.1, -0.05) is 38.4 Å². The van der Waals surface area contributed by atoms with Crippen molar-refractivity contribution in [3.8, 4) is 0 Å². The van der Waals surface area contributed by atoms with Crippen molar-refractivity contribution in [3.05, 3.63) is 35.6 Å². The first-order valence-corrected chi connectivity index (χ1v) is 7.28. The first-order valence-electron chi connectivity index (χ1n) is 6.08. The van der Waals surface area contributed by atoms with E-state index >= 15 is 0 Å². The fourth-order valence-corrected chi connectivity index (χ4v) is 2.95. The third-order valence-corrected chi connectivity index (χ3v) is 4.06. The molecular weight excluding hydrogens is 278 g/mol. The van der Waals surface area contributed by atoms with E-state index in [1.807, 2.05) is 31.4 Å². The number of rotatable bonds is 3. The molecule has 1 heterocycles. The average Bonchev–Trinajstić information content (AvgIpc) is 2.68. The van der Waals surface area contributed by atoms with Crippen LogP contribution < -0.4 is 5.32 Å². The van der Waals surface area contributed by atoms with Crippen LogP contribution in [0.4, 0.5) is 11.4 Å². The summed E-state index contributed by atoms with van der Waals surface area (Å²) in [6, 6.07) is 6.04.